The second kappa shape index (κ2) is 13.2. The Labute approximate surface area is 207 Å². The Morgan fingerprint density at radius 1 is 1.09 bits per heavy atom. The van der Waals surface area contributed by atoms with Crippen molar-refractivity contribution >= 4 is 23.7 Å². The quantitative estimate of drug-likeness (QED) is 0.353. The molecule has 9 heteroatoms. The number of carboxylic acid groups (broad SMARTS) is 1. The molecule has 1 aliphatic rings. The first-order chi connectivity index (χ1) is 16.5. The summed E-state index contributed by atoms with van der Waals surface area (Å²) in [6.45, 7) is 7.98. The summed E-state index contributed by atoms with van der Waals surface area (Å²) in [6, 6.07) is 5.95. The Bertz CT molecular complexity index is 876. The lowest BCUT2D eigenvalue weighted by molar-refractivity contribution is -0.149. The van der Waals surface area contributed by atoms with Gasteiger partial charge in [0.15, 0.2) is 0 Å². The predicted molar refractivity (Wildman–Crippen MR) is 133 cm³/mol. The van der Waals surface area contributed by atoms with E-state index in [0.717, 1.165) is 5.56 Å². The summed E-state index contributed by atoms with van der Waals surface area (Å²) in [6.07, 6.45) is 2.33. The van der Waals surface area contributed by atoms with Crippen LogP contribution in [0.2, 0.25) is 0 Å². The molecular weight excluding hydrogens is 448 g/mol. The molecule has 9 nitrogen and oxygen atoms in total. The van der Waals surface area contributed by atoms with Crippen molar-refractivity contribution in [1.82, 2.24) is 15.5 Å². The summed E-state index contributed by atoms with van der Waals surface area (Å²) < 4.78 is 0. The molecule has 3 amide bonds. The van der Waals surface area contributed by atoms with Crippen LogP contribution in [-0.2, 0) is 25.6 Å². The highest BCUT2D eigenvalue weighted by Crippen LogP contribution is 2.21. The Morgan fingerprint density at radius 3 is 2.31 bits per heavy atom. The third kappa shape index (κ3) is 8.06. The van der Waals surface area contributed by atoms with E-state index in [2.05, 4.69) is 10.6 Å². The molecule has 1 fully saturated rings. The smallest absolute Gasteiger partial charge is 0.326 e. The van der Waals surface area contributed by atoms with Gasteiger partial charge in [-0.2, -0.15) is 0 Å². The normalized spacial score (nSPS) is 19.0. The van der Waals surface area contributed by atoms with Crippen LogP contribution in [0.15, 0.2) is 30.3 Å². The molecule has 0 bridgehead atoms. The standard InChI is InChI=1S/C26H40N4O5/c1-5-17(4)22(29-23(31)19(27)15-18-10-7-6-8-11-18)24(32)28-20(14-16(2)3)25(33)30-13-9-12-21(30)26(34)35/h6-8,10-11,16-17,19-22H,5,9,12-15,27H2,1-4H3,(H,28,32)(H,29,31)(H,34,35). The Balaban J connectivity index is 2.14. The van der Waals surface area contributed by atoms with E-state index < -0.39 is 47.9 Å². The number of carbonyl (C=O) groups excluding carboxylic acids is 3. The van der Waals surface area contributed by atoms with Gasteiger partial charge in [0.2, 0.25) is 17.7 Å². The molecule has 0 spiro atoms. The summed E-state index contributed by atoms with van der Waals surface area (Å²) >= 11 is 0. The van der Waals surface area contributed by atoms with Gasteiger partial charge in [0.05, 0.1) is 6.04 Å². The minimum absolute atomic E-state index is 0.0889. The van der Waals surface area contributed by atoms with E-state index in [9.17, 15) is 24.3 Å². The zero-order valence-corrected chi connectivity index (χ0v) is 21.2. The highest BCUT2D eigenvalue weighted by atomic mass is 16.4. The third-order valence-corrected chi connectivity index (χ3v) is 6.57. The van der Waals surface area contributed by atoms with Crippen LogP contribution >= 0.6 is 0 Å². The van der Waals surface area contributed by atoms with Crippen molar-refractivity contribution in [3.8, 4) is 0 Å². The summed E-state index contributed by atoms with van der Waals surface area (Å²) in [5.74, 6) is -2.45. The van der Waals surface area contributed by atoms with Gasteiger partial charge in [-0.3, -0.25) is 14.4 Å². The largest absolute Gasteiger partial charge is 0.480 e. The fourth-order valence-corrected chi connectivity index (χ4v) is 4.36. The van der Waals surface area contributed by atoms with Gasteiger partial charge in [-0.15, -0.1) is 0 Å². The summed E-state index contributed by atoms with van der Waals surface area (Å²) in [5, 5.41) is 15.1. The fraction of sp³-hybridized carbons (Fsp3) is 0.615. The van der Waals surface area contributed by atoms with Gasteiger partial charge in [-0.05, 0) is 43.1 Å². The average molecular weight is 489 g/mol. The van der Waals surface area contributed by atoms with Gasteiger partial charge in [0.1, 0.15) is 18.1 Å². The number of rotatable bonds is 12. The van der Waals surface area contributed by atoms with Crippen molar-refractivity contribution in [3.63, 3.8) is 0 Å². The van der Waals surface area contributed by atoms with Crippen LogP contribution < -0.4 is 16.4 Å². The number of nitrogens with two attached hydrogens (primary N) is 1. The molecule has 1 heterocycles. The van der Waals surface area contributed by atoms with Crippen molar-refractivity contribution in [2.24, 2.45) is 17.6 Å². The number of carboxylic acids is 1. The van der Waals surface area contributed by atoms with Gasteiger partial charge in [-0.25, -0.2) is 4.79 Å². The van der Waals surface area contributed by atoms with Crippen molar-refractivity contribution in [1.29, 1.82) is 0 Å². The highest BCUT2D eigenvalue weighted by Gasteiger charge is 2.39. The number of aliphatic carboxylic acids is 1. The fourth-order valence-electron chi connectivity index (χ4n) is 4.36. The van der Waals surface area contributed by atoms with Crippen molar-refractivity contribution in [2.75, 3.05) is 6.54 Å². The topological polar surface area (TPSA) is 142 Å². The predicted octanol–water partition coefficient (Wildman–Crippen LogP) is 1.69. The number of hydrogen-bond acceptors (Lipinski definition) is 5. The first-order valence-corrected chi connectivity index (χ1v) is 12.5. The van der Waals surface area contributed by atoms with Crippen LogP contribution in [0.4, 0.5) is 0 Å². The average Bonchev–Trinajstić information content (AvgIpc) is 3.31. The lowest BCUT2D eigenvalue weighted by Crippen LogP contribution is -2.59. The Morgan fingerprint density at radius 2 is 1.74 bits per heavy atom. The van der Waals surface area contributed by atoms with E-state index in [4.69, 9.17) is 5.73 Å². The van der Waals surface area contributed by atoms with E-state index in [1.165, 1.54) is 4.90 Å². The first kappa shape index (κ1) is 28.3. The van der Waals surface area contributed by atoms with Gasteiger partial charge in [0, 0.05) is 6.54 Å². The molecule has 194 valence electrons. The minimum Gasteiger partial charge on any atom is -0.480 e. The van der Waals surface area contributed by atoms with E-state index >= 15 is 0 Å². The molecule has 1 aromatic carbocycles. The first-order valence-electron chi connectivity index (χ1n) is 12.5. The molecule has 1 aromatic rings. The molecule has 0 aromatic heterocycles. The Hall–Kier alpha value is -2.94. The maximum absolute atomic E-state index is 13.3. The maximum Gasteiger partial charge on any atom is 0.326 e. The molecule has 1 saturated heterocycles. The SMILES string of the molecule is CCC(C)C(NC(=O)C(N)Cc1ccccc1)C(=O)NC(CC(C)C)C(=O)N1CCCC1C(=O)O. The van der Waals surface area contributed by atoms with E-state index in [-0.39, 0.29) is 11.8 Å². The number of nitrogens with zero attached hydrogens (tertiary/aromatic N) is 1. The molecule has 5 N–H and O–H groups in total. The summed E-state index contributed by atoms with van der Waals surface area (Å²) in [5.41, 5.74) is 7.04. The molecule has 1 aliphatic heterocycles. The van der Waals surface area contributed by atoms with Crippen LogP contribution in [0.1, 0.15) is 58.9 Å². The lowest BCUT2D eigenvalue weighted by atomic mass is 9.96. The number of carbonyl (C=O) groups is 4. The van der Waals surface area contributed by atoms with Crippen LogP contribution in [-0.4, -0.2) is 64.4 Å². The minimum atomic E-state index is -1.04. The number of amides is 3. The maximum atomic E-state index is 13.3. The summed E-state index contributed by atoms with van der Waals surface area (Å²) in [7, 11) is 0. The molecule has 2 rings (SSSR count). The van der Waals surface area contributed by atoms with Gasteiger partial charge in [-0.1, -0.05) is 64.4 Å². The van der Waals surface area contributed by atoms with Gasteiger partial charge < -0.3 is 26.4 Å². The zero-order chi connectivity index (χ0) is 26.1. The lowest BCUT2D eigenvalue weighted by Gasteiger charge is -2.31. The van der Waals surface area contributed by atoms with E-state index in [0.29, 0.717) is 38.6 Å². The Kier molecular flexibility index (Phi) is 10.7. The number of hydrogen-bond donors (Lipinski definition) is 4. The summed E-state index contributed by atoms with van der Waals surface area (Å²) in [4.78, 5) is 52.4. The van der Waals surface area contributed by atoms with Crippen LogP contribution in [0.25, 0.3) is 0 Å². The van der Waals surface area contributed by atoms with E-state index in [1.807, 2.05) is 58.0 Å². The van der Waals surface area contributed by atoms with Gasteiger partial charge in [0.25, 0.3) is 0 Å². The second-order valence-electron chi connectivity index (χ2n) is 9.89. The molecule has 0 saturated carbocycles. The molecular formula is C26H40N4O5. The number of benzene rings is 1. The van der Waals surface area contributed by atoms with Crippen LogP contribution in [0.5, 0.6) is 0 Å². The molecule has 0 aliphatic carbocycles. The molecule has 5 atom stereocenters. The monoisotopic (exact) mass is 488 g/mol. The van der Waals surface area contributed by atoms with Crippen LogP contribution in [0, 0.1) is 11.8 Å². The third-order valence-electron chi connectivity index (χ3n) is 6.57. The zero-order valence-electron chi connectivity index (χ0n) is 21.2. The molecule has 0 radical (unpaired) electrons. The van der Waals surface area contributed by atoms with Crippen molar-refractivity contribution < 1.29 is 24.3 Å². The molecule has 5 unspecified atom stereocenters. The van der Waals surface area contributed by atoms with E-state index in [1.54, 1.807) is 0 Å². The van der Waals surface area contributed by atoms with Crippen molar-refractivity contribution in [2.45, 2.75) is 84.0 Å². The van der Waals surface area contributed by atoms with Crippen molar-refractivity contribution in [3.05, 3.63) is 35.9 Å². The highest BCUT2D eigenvalue weighted by molar-refractivity contribution is 5.94. The second-order valence-corrected chi connectivity index (χ2v) is 9.89. The molecule has 35 heavy (non-hydrogen) atoms. The van der Waals surface area contributed by atoms with Crippen LogP contribution in [0.3, 0.4) is 0 Å². The van der Waals surface area contributed by atoms with Gasteiger partial charge >= 0.3 is 5.97 Å². The number of likely N-dealkylation sites (tertiary alicyclic amines) is 1. The number of nitrogens with one attached hydrogen (secondary N) is 2.